The molecule has 1 atom stereocenters. The molecule has 3 rings (SSSR count). The molecule has 0 amide bonds. The van der Waals surface area contributed by atoms with Crippen LogP contribution in [0.1, 0.15) is 29.7 Å². The molecule has 1 aliphatic rings. The zero-order chi connectivity index (χ0) is 16.9. The smallest absolute Gasteiger partial charge is 0.146 e. The maximum Gasteiger partial charge on any atom is 0.146 e. The normalized spacial score (nSPS) is 17.8. The molecule has 1 fully saturated rings. The molecule has 24 heavy (non-hydrogen) atoms. The van der Waals surface area contributed by atoms with Crippen LogP contribution in [0.2, 0.25) is 0 Å². The van der Waals surface area contributed by atoms with Crippen LogP contribution >= 0.6 is 0 Å². The van der Waals surface area contributed by atoms with Crippen molar-refractivity contribution in [3.05, 3.63) is 59.3 Å². The topological polar surface area (TPSA) is 43.2 Å². The quantitative estimate of drug-likeness (QED) is 0.866. The van der Waals surface area contributed by atoms with Crippen molar-refractivity contribution in [3.8, 4) is 6.07 Å². The molecule has 1 aromatic heterocycles. The standard InChI is InChI=1S/C20H24N4/c1-16-10-11-18(13-21)20(22-16)24-12-6-9-19(15-24)23(2)14-17-7-4-3-5-8-17/h3-5,7-8,10-11,19H,6,9,12,14-15H2,1-2H3/t19-/m0/s1. The lowest BCUT2D eigenvalue weighted by molar-refractivity contribution is 0.207. The minimum Gasteiger partial charge on any atom is -0.354 e. The zero-order valence-electron chi connectivity index (χ0n) is 14.4. The first-order chi connectivity index (χ1) is 11.7. The first-order valence-corrected chi connectivity index (χ1v) is 8.54. The molecule has 0 bridgehead atoms. The van der Waals surface area contributed by atoms with Gasteiger partial charge in [-0.2, -0.15) is 5.26 Å². The summed E-state index contributed by atoms with van der Waals surface area (Å²) in [5, 5.41) is 9.38. The molecule has 0 aliphatic carbocycles. The van der Waals surface area contributed by atoms with Crippen LogP contribution in [0.3, 0.4) is 0 Å². The third-order valence-corrected chi connectivity index (χ3v) is 4.73. The van der Waals surface area contributed by atoms with Crippen LogP contribution in [0.4, 0.5) is 5.82 Å². The Morgan fingerprint density at radius 2 is 2.04 bits per heavy atom. The number of hydrogen-bond donors (Lipinski definition) is 0. The van der Waals surface area contributed by atoms with Crippen LogP contribution in [0.15, 0.2) is 42.5 Å². The summed E-state index contributed by atoms with van der Waals surface area (Å²) in [5.74, 6) is 0.843. The number of nitriles is 1. The van der Waals surface area contributed by atoms with Gasteiger partial charge in [0, 0.05) is 31.4 Å². The molecule has 4 heteroatoms. The molecule has 1 aromatic carbocycles. The van der Waals surface area contributed by atoms with E-state index in [0.717, 1.165) is 37.6 Å². The summed E-state index contributed by atoms with van der Waals surface area (Å²) < 4.78 is 0. The van der Waals surface area contributed by atoms with Crippen molar-refractivity contribution in [3.63, 3.8) is 0 Å². The van der Waals surface area contributed by atoms with Gasteiger partial charge in [0.15, 0.2) is 0 Å². The highest BCUT2D eigenvalue weighted by Gasteiger charge is 2.25. The molecule has 1 saturated heterocycles. The highest BCUT2D eigenvalue weighted by molar-refractivity contribution is 5.54. The van der Waals surface area contributed by atoms with E-state index in [1.807, 2.05) is 19.1 Å². The summed E-state index contributed by atoms with van der Waals surface area (Å²) in [6.07, 6.45) is 2.32. The van der Waals surface area contributed by atoms with Gasteiger partial charge < -0.3 is 4.90 Å². The number of likely N-dealkylation sites (N-methyl/N-ethyl adjacent to an activating group) is 1. The van der Waals surface area contributed by atoms with E-state index in [-0.39, 0.29) is 0 Å². The molecule has 0 saturated carbocycles. The SMILES string of the molecule is Cc1ccc(C#N)c(N2CCC[C@H](N(C)Cc3ccccc3)C2)n1. The van der Waals surface area contributed by atoms with Crippen LogP contribution < -0.4 is 4.90 Å². The lowest BCUT2D eigenvalue weighted by atomic mass is 10.0. The zero-order valence-corrected chi connectivity index (χ0v) is 14.4. The van der Waals surface area contributed by atoms with Crippen LogP contribution in [-0.2, 0) is 6.54 Å². The van der Waals surface area contributed by atoms with Gasteiger partial charge in [0.25, 0.3) is 0 Å². The van der Waals surface area contributed by atoms with Crippen molar-refractivity contribution < 1.29 is 0 Å². The van der Waals surface area contributed by atoms with Crippen LogP contribution in [-0.4, -0.2) is 36.1 Å². The Morgan fingerprint density at radius 1 is 1.25 bits per heavy atom. The molecule has 4 nitrogen and oxygen atoms in total. The highest BCUT2D eigenvalue weighted by atomic mass is 15.2. The highest BCUT2D eigenvalue weighted by Crippen LogP contribution is 2.24. The van der Waals surface area contributed by atoms with Crippen molar-refractivity contribution in [2.24, 2.45) is 0 Å². The number of hydrogen-bond acceptors (Lipinski definition) is 4. The van der Waals surface area contributed by atoms with Gasteiger partial charge >= 0.3 is 0 Å². The van der Waals surface area contributed by atoms with E-state index in [0.29, 0.717) is 11.6 Å². The summed E-state index contributed by atoms with van der Waals surface area (Å²) in [7, 11) is 2.19. The molecule has 124 valence electrons. The number of aromatic nitrogens is 1. The van der Waals surface area contributed by atoms with E-state index < -0.39 is 0 Å². The maximum atomic E-state index is 9.38. The van der Waals surface area contributed by atoms with Crippen molar-refractivity contribution in [1.29, 1.82) is 5.26 Å². The van der Waals surface area contributed by atoms with Gasteiger partial charge in [-0.1, -0.05) is 30.3 Å². The Bertz CT molecular complexity index is 720. The molecule has 2 heterocycles. The molecule has 0 unspecified atom stereocenters. The number of piperidine rings is 1. The second-order valence-corrected chi connectivity index (χ2v) is 6.58. The summed E-state index contributed by atoms with van der Waals surface area (Å²) in [6, 6.07) is 17.1. The predicted octanol–water partition coefficient (Wildman–Crippen LogP) is 3.36. The molecule has 2 aromatic rings. The number of rotatable bonds is 4. The number of aryl methyl sites for hydroxylation is 1. The van der Waals surface area contributed by atoms with Crippen LogP contribution in [0.5, 0.6) is 0 Å². The number of nitrogens with zero attached hydrogens (tertiary/aromatic N) is 4. The van der Waals surface area contributed by atoms with Gasteiger partial charge in [0.1, 0.15) is 11.9 Å². The van der Waals surface area contributed by atoms with E-state index in [4.69, 9.17) is 0 Å². The van der Waals surface area contributed by atoms with Crippen molar-refractivity contribution in [2.45, 2.75) is 32.4 Å². The Kier molecular flexibility index (Phi) is 5.12. The van der Waals surface area contributed by atoms with Gasteiger partial charge in [-0.05, 0) is 44.5 Å². The van der Waals surface area contributed by atoms with Crippen molar-refractivity contribution >= 4 is 5.82 Å². The summed E-state index contributed by atoms with van der Waals surface area (Å²) in [5.41, 5.74) is 2.97. The maximum absolute atomic E-state index is 9.38. The molecule has 0 spiro atoms. The Morgan fingerprint density at radius 3 is 2.79 bits per heavy atom. The molecule has 0 radical (unpaired) electrons. The van der Waals surface area contributed by atoms with E-state index in [1.165, 1.54) is 12.0 Å². The Balaban J connectivity index is 1.73. The van der Waals surface area contributed by atoms with E-state index in [1.54, 1.807) is 0 Å². The number of benzene rings is 1. The first-order valence-electron chi connectivity index (χ1n) is 8.54. The molecular weight excluding hydrogens is 296 g/mol. The van der Waals surface area contributed by atoms with E-state index in [2.05, 4.69) is 58.2 Å². The van der Waals surface area contributed by atoms with Gasteiger partial charge in [-0.15, -0.1) is 0 Å². The Hall–Kier alpha value is -2.38. The van der Waals surface area contributed by atoms with E-state index in [9.17, 15) is 5.26 Å². The average molecular weight is 320 g/mol. The average Bonchev–Trinajstić information content (AvgIpc) is 2.62. The van der Waals surface area contributed by atoms with E-state index >= 15 is 0 Å². The Labute approximate surface area is 144 Å². The second kappa shape index (κ2) is 7.46. The van der Waals surface area contributed by atoms with Crippen LogP contribution in [0.25, 0.3) is 0 Å². The lowest BCUT2D eigenvalue weighted by Gasteiger charge is -2.38. The van der Waals surface area contributed by atoms with Gasteiger partial charge in [0.05, 0.1) is 5.56 Å². The molecular formula is C20H24N4. The number of anilines is 1. The fourth-order valence-corrected chi connectivity index (χ4v) is 3.38. The van der Waals surface area contributed by atoms with Gasteiger partial charge in [0.2, 0.25) is 0 Å². The first kappa shape index (κ1) is 16.5. The number of pyridine rings is 1. The van der Waals surface area contributed by atoms with Gasteiger partial charge in [-0.25, -0.2) is 4.98 Å². The fourth-order valence-electron chi connectivity index (χ4n) is 3.38. The lowest BCUT2D eigenvalue weighted by Crippen LogP contribution is -2.46. The minimum atomic E-state index is 0.479. The monoisotopic (exact) mass is 320 g/mol. The second-order valence-electron chi connectivity index (χ2n) is 6.58. The summed E-state index contributed by atoms with van der Waals surface area (Å²) in [6.45, 7) is 4.83. The summed E-state index contributed by atoms with van der Waals surface area (Å²) >= 11 is 0. The van der Waals surface area contributed by atoms with Crippen LogP contribution in [0, 0.1) is 18.3 Å². The fraction of sp³-hybridized carbons (Fsp3) is 0.400. The minimum absolute atomic E-state index is 0.479. The molecule has 0 N–H and O–H groups in total. The van der Waals surface area contributed by atoms with Crippen molar-refractivity contribution in [1.82, 2.24) is 9.88 Å². The largest absolute Gasteiger partial charge is 0.354 e. The third kappa shape index (κ3) is 3.74. The predicted molar refractivity (Wildman–Crippen MR) is 96.8 cm³/mol. The van der Waals surface area contributed by atoms with Crippen molar-refractivity contribution in [2.75, 3.05) is 25.0 Å². The third-order valence-electron chi connectivity index (χ3n) is 4.73. The molecule has 1 aliphatic heterocycles. The van der Waals surface area contributed by atoms with Gasteiger partial charge in [-0.3, -0.25) is 4.90 Å². The summed E-state index contributed by atoms with van der Waals surface area (Å²) in [4.78, 5) is 9.33.